The van der Waals surface area contributed by atoms with E-state index in [0.717, 1.165) is 5.69 Å². The third-order valence-corrected chi connectivity index (χ3v) is 3.59. The number of rotatable bonds is 3. The van der Waals surface area contributed by atoms with Crippen LogP contribution in [0.25, 0.3) is 5.69 Å². The summed E-state index contributed by atoms with van der Waals surface area (Å²) in [4.78, 5) is 32.7. The van der Waals surface area contributed by atoms with Gasteiger partial charge in [-0.1, -0.05) is 18.2 Å². The minimum Gasteiger partial charge on any atom is -0.314 e. The van der Waals surface area contributed by atoms with Crippen molar-refractivity contribution in [1.29, 1.82) is 0 Å². The quantitative estimate of drug-likeness (QED) is 0.795. The standard InChI is InChI=1S/C16H15N5O2/c1-11-14(19-15(22)13-10-17-8-9-18-13)16(23)21(20(11)2)12-6-4-3-5-7-12/h3-10H,1-2H3,(H,19,22). The highest BCUT2D eigenvalue weighted by molar-refractivity contribution is 6.02. The van der Waals surface area contributed by atoms with E-state index >= 15 is 0 Å². The molecule has 0 aliphatic rings. The fourth-order valence-corrected chi connectivity index (χ4v) is 2.31. The van der Waals surface area contributed by atoms with E-state index in [-0.39, 0.29) is 16.9 Å². The lowest BCUT2D eigenvalue weighted by Crippen LogP contribution is -2.23. The van der Waals surface area contributed by atoms with Crippen molar-refractivity contribution in [1.82, 2.24) is 19.3 Å². The summed E-state index contributed by atoms with van der Waals surface area (Å²) < 4.78 is 3.20. The number of nitrogens with zero attached hydrogens (tertiary/aromatic N) is 4. The van der Waals surface area contributed by atoms with Gasteiger partial charge >= 0.3 is 0 Å². The first-order valence-corrected chi connectivity index (χ1v) is 7.01. The molecule has 0 spiro atoms. The Morgan fingerprint density at radius 1 is 1.17 bits per heavy atom. The Morgan fingerprint density at radius 2 is 1.91 bits per heavy atom. The summed E-state index contributed by atoms with van der Waals surface area (Å²) in [5.41, 5.74) is 1.46. The molecule has 0 saturated carbocycles. The second-order valence-electron chi connectivity index (χ2n) is 4.98. The highest BCUT2D eigenvalue weighted by atomic mass is 16.2. The molecular weight excluding hydrogens is 294 g/mol. The second kappa shape index (κ2) is 5.88. The minimum absolute atomic E-state index is 0.154. The zero-order valence-electron chi connectivity index (χ0n) is 12.7. The summed E-state index contributed by atoms with van der Waals surface area (Å²) in [5, 5.41) is 2.63. The molecule has 23 heavy (non-hydrogen) atoms. The molecule has 1 N–H and O–H groups in total. The van der Waals surface area contributed by atoms with Crippen LogP contribution in [0.3, 0.4) is 0 Å². The van der Waals surface area contributed by atoms with Gasteiger partial charge in [0.25, 0.3) is 11.5 Å². The van der Waals surface area contributed by atoms with E-state index in [2.05, 4.69) is 15.3 Å². The van der Waals surface area contributed by atoms with Crippen LogP contribution in [-0.2, 0) is 7.05 Å². The monoisotopic (exact) mass is 309 g/mol. The van der Waals surface area contributed by atoms with Crippen LogP contribution in [0.2, 0.25) is 0 Å². The van der Waals surface area contributed by atoms with Gasteiger partial charge in [-0.15, -0.1) is 0 Å². The SMILES string of the molecule is Cc1c(NC(=O)c2cnccn2)c(=O)n(-c2ccccc2)n1C. The van der Waals surface area contributed by atoms with Crippen molar-refractivity contribution in [2.75, 3.05) is 5.32 Å². The van der Waals surface area contributed by atoms with E-state index in [1.807, 2.05) is 30.3 Å². The minimum atomic E-state index is -0.468. The second-order valence-corrected chi connectivity index (χ2v) is 4.98. The number of anilines is 1. The van der Waals surface area contributed by atoms with Crippen LogP contribution < -0.4 is 10.9 Å². The Balaban J connectivity index is 2.02. The molecule has 0 saturated heterocycles. The first-order chi connectivity index (χ1) is 11.1. The van der Waals surface area contributed by atoms with Crippen molar-refractivity contribution in [2.45, 2.75) is 6.92 Å². The molecule has 3 aromatic rings. The van der Waals surface area contributed by atoms with Crippen molar-refractivity contribution in [3.63, 3.8) is 0 Å². The topological polar surface area (TPSA) is 81.8 Å². The zero-order valence-corrected chi connectivity index (χ0v) is 12.7. The fourth-order valence-electron chi connectivity index (χ4n) is 2.31. The molecule has 7 nitrogen and oxygen atoms in total. The smallest absolute Gasteiger partial charge is 0.295 e. The largest absolute Gasteiger partial charge is 0.314 e. The molecule has 0 atom stereocenters. The summed E-state index contributed by atoms with van der Waals surface area (Å²) in [6.45, 7) is 1.77. The number of amides is 1. The molecule has 0 bridgehead atoms. The van der Waals surface area contributed by atoms with Gasteiger partial charge in [-0.3, -0.25) is 19.3 Å². The molecule has 3 rings (SSSR count). The van der Waals surface area contributed by atoms with Crippen molar-refractivity contribution in [2.24, 2.45) is 7.05 Å². The molecular formula is C16H15N5O2. The van der Waals surface area contributed by atoms with Crippen LogP contribution in [0.1, 0.15) is 16.2 Å². The highest BCUT2D eigenvalue weighted by Crippen LogP contribution is 2.14. The zero-order chi connectivity index (χ0) is 16.4. The molecule has 1 aromatic carbocycles. The predicted molar refractivity (Wildman–Crippen MR) is 85.7 cm³/mol. The van der Waals surface area contributed by atoms with Crippen LogP contribution in [0.5, 0.6) is 0 Å². The van der Waals surface area contributed by atoms with E-state index in [9.17, 15) is 9.59 Å². The molecule has 2 aromatic heterocycles. The summed E-state index contributed by atoms with van der Waals surface area (Å²) in [5.74, 6) is -0.468. The Kier molecular flexibility index (Phi) is 3.76. The molecule has 1 amide bonds. The number of hydrogen-bond donors (Lipinski definition) is 1. The molecule has 0 fully saturated rings. The van der Waals surface area contributed by atoms with Gasteiger partial charge in [0.05, 0.1) is 17.6 Å². The fraction of sp³-hybridized carbons (Fsp3) is 0.125. The lowest BCUT2D eigenvalue weighted by Gasteiger charge is -2.07. The van der Waals surface area contributed by atoms with Crippen molar-refractivity contribution in [3.05, 3.63) is 70.7 Å². The molecule has 0 unspecified atom stereocenters. The maximum absolute atomic E-state index is 12.7. The maximum atomic E-state index is 12.7. The summed E-state index contributed by atoms with van der Waals surface area (Å²) in [6.07, 6.45) is 4.26. The van der Waals surface area contributed by atoms with Crippen LogP contribution in [0.15, 0.2) is 53.7 Å². The Labute approximate surface area is 132 Å². The number of carbonyl (C=O) groups excluding carboxylic acids is 1. The molecule has 0 radical (unpaired) electrons. The lowest BCUT2D eigenvalue weighted by atomic mass is 10.3. The molecule has 0 aliphatic heterocycles. The van der Waals surface area contributed by atoms with Gasteiger partial charge in [-0.05, 0) is 19.1 Å². The molecule has 2 heterocycles. The van der Waals surface area contributed by atoms with E-state index in [1.165, 1.54) is 23.3 Å². The van der Waals surface area contributed by atoms with Crippen molar-refractivity contribution >= 4 is 11.6 Å². The lowest BCUT2D eigenvalue weighted by molar-refractivity contribution is 0.102. The number of para-hydroxylation sites is 1. The van der Waals surface area contributed by atoms with Crippen LogP contribution in [0, 0.1) is 6.92 Å². The van der Waals surface area contributed by atoms with Gasteiger partial charge in [-0.25, -0.2) is 9.67 Å². The Hall–Kier alpha value is -3.22. The normalized spacial score (nSPS) is 10.5. The predicted octanol–water partition coefficient (Wildman–Crippen LogP) is 1.53. The van der Waals surface area contributed by atoms with E-state index < -0.39 is 5.91 Å². The third-order valence-electron chi connectivity index (χ3n) is 3.59. The highest BCUT2D eigenvalue weighted by Gasteiger charge is 2.19. The van der Waals surface area contributed by atoms with Crippen LogP contribution >= 0.6 is 0 Å². The van der Waals surface area contributed by atoms with E-state index in [4.69, 9.17) is 0 Å². The van der Waals surface area contributed by atoms with Crippen LogP contribution in [-0.4, -0.2) is 25.2 Å². The van der Waals surface area contributed by atoms with Gasteiger partial charge in [0, 0.05) is 19.4 Å². The first-order valence-electron chi connectivity index (χ1n) is 7.01. The van der Waals surface area contributed by atoms with Crippen molar-refractivity contribution in [3.8, 4) is 5.69 Å². The molecule has 0 aliphatic carbocycles. The summed E-state index contributed by atoms with van der Waals surface area (Å²) in [6, 6.07) is 9.23. The van der Waals surface area contributed by atoms with Crippen LogP contribution in [0.4, 0.5) is 5.69 Å². The number of hydrogen-bond acceptors (Lipinski definition) is 4. The van der Waals surface area contributed by atoms with E-state index in [1.54, 1.807) is 18.7 Å². The first kappa shape index (κ1) is 14.7. The number of carbonyl (C=O) groups is 1. The van der Waals surface area contributed by atoms with Gasteiger partial charge in [0.15, 0.2) is 0 Å². The Morgan fingerprint density at radius 3 is 2.57 bits per heavy atom. The molecule has 7 heteroatoms. The maximum Gasteiger partial charge on any atom is 0.295 e. The Bertz CT molecular complexity index is 897. The van der Waals surface area contributed by atoms with Crippen molar-refractivity contribution < 1.29 is 4.79 Å². The number of nitrogens with one attached hydrogen (secondary N) is 1. The third kappa shape index (κ3) is 2.64. The summed E-state index contributed by atoms with van der Waals surface area (Å²) >= 11 is 0. The summed E-state index contributed by atoms with van der Waals surface area (Å²) in [7, 11) is 1.77. The average molecular weight is 309 g/mol. The van der Waals surface area contributed by atoms with Gasteiger partial charge in [0.1, 0.15) is 11.4 Å². The van der Waals surface area contributed by atoms with E-state index in [0.29, 0.717) is 5.69 Å². The average Bonchev–Trinajstić information content (AvgIpc) is 2.80. The number of aromatic nitrogens is 4. The van der Waals surface area contributed by atoms with Gasteiger partial charge in [-0.2, -0.15) is 0 Å². The van der Waals surface area contributed by atoms with Gasteiger partial charge in [0.2, 0.25) is 0 Å². The molecule has 116 valence electrons. The number of benzene rings is 1. The van der Waals surface area contributed by atoms with Gasteiger partial charge < -0.3 is 5.32 Å².